The van der Waals surface area contributed by atoms with Crippen molar-refractivity contribution in [2.24, 2.45) is 0 Å². The summed E-state index contributed by atoms with van der Waals surface area (Å²) in [5.41, 5.74) is -3.13. The fourth-order valence-corrected chi connectivity index (χ4v) is 2.09. The van der Waals surface area contributed by atoms with Crippen LogP contribution in [-0.4, -0.2) is 9.55 Å². The summed E-state index contributed by atoms with van der Waals surface area (Å²) in [4.78, 5) is 26.0. The maximum Gasteiger partial charge on any atom is 0.416 e. The number of hydrogen-bond donors (Lipinski definition) is 1. The highest BCUT2D eigenvalue weighted by Crippen LogP contribution is 2.32. The van der Waals surface area contributed by atoms with Gasteiger partial charge < -0.3 is 0 Å². The molecule has 21 heavy (non-hydrogen) atoms. The van der Waals surface area contributed by atoms with Crippen molar-refractivity contribution in [1.82, 2.24) is 9.55 Å². The van der Waals surface area contributed by atoms with E-state index in [4.69, 9.17) is 23.2 Å². The average molecular weight is 339 g/mol. The highest BCUT2D eigenvalue weighted by molar-refractivity contribution is 6.31. The standard InChI is InChI=1S/C12H7Cl2F3N2O2/c1-5-9(14)18-11(21)19(10(5)20)8-3-6(12(15,16)17)2-7(13)4-8/h2-4H,1H3,(H,18,21). The van der Waals surface area contributed by atoms with Gasteiger partial charge in [0.05, 0.1) is 16.8 Å². The number of rotatable bonds is 1. The van der Waals surface area contributed by atoms with Gasteiger partial charge in [0.15, 0.2) is 0 Å². The van der Waals surface area contributed by atoms with Crippen molar-refractivity contribution in [3.63, 3.8) is 0 Å². The molecule has 112 valence electrons. The predicted molar refractivity (Wildman–Crippen MR) is 72.4 cm³/mol. The van der Waals surface area contributed by atoms with Gasteiger partial charge in [0.2, 0.25) is 0 Å². The fourth-order valence-electron chi connectivity index (χ4n) is 1.70. The first-order chi connectivity index (χ1) is 9.61. The molecule has 0 aliphatic carbocycles. The number of alkyl halides is 3. The van der Waals surface area contributed by atoms with Gasteiger partial charge >= 0.3 is 11.9 Å². The maximum atomic E-state index is 12.8. The molecule has 1 N–H and O–H groups in total. The molecule has 1 aromatic carbocycles. The number of aromatic nitrogens is 2. The van der Waals surface area contributed by atoms with E-state index in [2.05, 4.69) is 4.98 Å². The Labute approximate surface area is 125 Å². The van der Waals surface area contributed by atoms with Crippen LogP contribution in [0.1, 0.15) is 11.1 Å². The Hall–Kier alpha value is -1.73. The first-order valence-corrected chi connectivity index (χ1v) is 6.26. The van der Waals surface area contributed by atoms with Gasteiger partial charge in [-0.05, 0) is 25.1 Å². The third kappa shape index (κ3) is 2.98. The lowest BCUT2D eigenvalue weighted by Crippen LogP contribution is -2.35. The van der Waals surface area contributed by atoms with E-state index in [1.807, 2.05) is 0 Å². The fraction of sp³-hybridized carbons (Fsp3) is 0.167. The minimum Gasteiger partial charge on any atom is -0.297 e. The summed E-state index contributed by atoms with van der Waals surface area (Å²) < 4.78 is 38.8. The lowest BCUT2D eigenvalue weighted by molar-refractivity contribution is -0.137. The number of H-pyrrole nitrogens is 1. The van der Waals surface area contributed by atoms with Crippen molar-refractivity contribution in [1.29, 1.82) is 0 Å². The molecule has 0 amide bonds. The van der Waals surface area contributed by atoms with E-state index in [-0.39, 0.29) is 21.4 Å². The van der Waals surface area contributed by atoms with E-state index in [0.717, 1.165) is 6.07 Å². The Kier molecular flexibility index (Phi) is 3.90. The SMILES string of the molecule is Cc1c(Cl)[nH]c(=O)n(-c2cc(Cl)cc(C(F)(F)F)c2)c1=O. The van der Waals surface area contributed by atoms with Gasteiger partial charge in [-0.2, -0.15) is 13.2 Å². The number of hydrogen-bond acceptors (Lipinski definition) is 2. The van der Waals surface area contributed by atoms with E-state index >= 15 is 0 Å². The molecule has 2 rings (SSSR count). The molecule has 0 aliphatic rings. The lowest BCUT2D eigenvalue weighted by atomic mass is 10.2. The second-order valence-corrected chi connectivity index (χ2v) is 5.02. The van der Waals surface area contributed by atoms with Crippen molar-refractivity contribution in [3.05, 3.63) is 60.3 Å². The first-order valence-electron chi connectivity index (χ1n) is 5.51. The topological polar surface area (TPSA) is 54.9 Å². The second kappa shape index (κ2) is 5.23. The van der Waals surface area contributed by atoms with E-state index in [9.17, 15) is 22.8 Å². The lowest BCUT2D eigenvalue weighted by Gasteiger charge is -2.11. The van der Waals surface area contributed by atoms with Crippen molar-refractivity contribution < 1.29 is 13.2 Å². The van der Waals surface area contributed by atoms with Crippen LogP contribution in [0.4, 0.5) is 13.2 Å². The van der Waals surface area contributed by atoms with Crippen LogP contribution < -0.4 is 11.2 Å². The molecule has 0 atom stereocenters. The Bertz CT molecular complexity index is 825. The van der Waals surface area contributed by atoms with Crippen LogP contribution in [0.15, 0.2) is 27.8 Å². The molecule has 0 saturated carbocycles. The summed E-state index contributed by atoms with van der Waals surface area (Å²) in [5, 5.41) is -0.418. The summed E-state index contributed by atoms with van der Waals surface area (Å²) in [6.45, 7) is 1.34. The van der Waals surface area contributed by atoms with Gasteiger partial charge in [0.25, 0.3) is 5.56 Å². The number of aromatic amines is 1. The highest BCUT2D eigenvalue weighted by Gasteiger charge is 2.31. The molecule has 0 radical (unpaired) electrons. The maximum absolute atomic E-state index is 12.8. The van der Waals surface area contributed by atoms with E-state index in [1.54, 1.807) is 0 Å². The normalized spacial score (nSPS) is 11.7. The molecule has 4 nitrogen and oxygen atoms in total. The molecule has 0 unspecified atom stereocenters. The Morgan fingerprint density at radius 2 is 1.76 bits per heavy atom. The zero-order valence-electron chi connectivity index (χ0n) is 10.4. The molecule has 2 aromatic rings. The van der Waals surface area contributed by atoms with Crippen molar-refractivity contribution in [2.45, 2.75) is 13.1 Å². The smallest absolute Gasteiger partial charge is 0.297 e. The Morgan fingerprint density at radius 1 is 1.14 bits per heavy atom. The van der Waals surface area contributed by atoms with Gasteiger partial charge in [-0.1, -0.05) is 23.2 Å². The van der Waals surface area contributed by atoms with Gasteiger partial charge in [-0.25, -0.2) is 9.36 Å². The number of nitrogens with one attached hydrogen (secondary N) is 1. The van der Waals surface area contributed by atoms with Crippen molar-refractivity contribution in [2.75, 3.05) is 0 Å². The summed E-state index contributed by atoms with van der Waals surface area (Å²) in [6.07, 6.45) is -4.66. The van der Waals surface area contributed by atoms with Crippen LogP contribution in [0.2, 0.25) is 10.2 Å². The van der Waals surface area contributed by atoms with E-state index in [1.165, 1.54) is 6.92 Å². The zero-order valence-corrected chi connectivity index (χ0v) is 11.9. The third-order valence-corrected chi connectivity index (χ3v) is 3.34. The van der Waals surface area contributed by atoms with Gasteiger partial charge in [0, 0.05) is 5.02 Å². The van der Waals surface area contributed by atoms with Crippen LogP contribution in [-0.2, 0) is 6.18 Å². The van der Waals surface area contributed by atoms with Crippen LogP contribution in [0.3, 0.4) is 0 Å². The van der Waals surface area contributed by atoms with Crippen molar-refractivity contribution >= 4 is 23.2 Å². The number of nitrogens with zero attached hydrogens (tertiary/aromatic N) is 1. The molecule has 0 aliphatic heterocycles. The second-order valence-electron chi connectivity index (χ2n) is 4.21. The van der Waals surface area contributed by atoms with Crippen LogP contribution in [0, 0.1) is 6.92 Å². The average Bonchev–Trinajstić information content (AvgIpc) is 2.34. The number of halogens is 5. The van der Waals surface area contributed by atoms with Gasteiger partial charge in [0.1, 0.15) is 5.15 Å². The van der Waals surface area contributed by atoms with Crippen LogP contribution in [0.5, 0.6) is 0 Å². The minimum absolute atomic E-state index is 0.00445. The summed E-state index contributed by atoms with van der Waals surface area (Å²) in [5.74, 6) is 0. The zero-order chi connectivity index (χ0) is 15.9. The largest absolute Gasteiger partial charge is 0.416 e. The Morgan fingerprint density at radius 3 is 2.33 bits per heavy atom. The Balaban J connectivity index is 2.81. The minimum atomic E-state index is -4.66. The van der Waals surface area contributed by atoms with Crippen LogP contribution >= 0.6 is 23.2 Å². The predicted octanol–water partition coefficient (Wildman–Crippen LogP) is 3.16. The summed E-state index contributed by atoms with van der Waals surface area (Å²) >= 11 is 11.3. The molecule has 0 spiro atoms. The van der Waals surface area contributed by atoms with E-state index < -0.39 is 23.0 Å². The first kappa shape index (κ1) is 15.7. The van der Waals surface area contributed by atoms with Crippen LogP contribution in [0.25, 0.3) is 5.69 Å². The molecule has 1 aromatic heterocycles. The highest BCUT2D eigenvalue weighted by atomic mass is 35.5. The van der Waals surface area contributed by atoms with Crippen molar-refractivity contribution in [3.8, 4) is 5.69 Å². The quantitative estimate of drug-likeness (QED) is 0.812. The monoisotopic (exact) mass is 338 g/mol. The van der Waals surface area contributed by atoms with Gasteiger partial charge in [-0.15, -0.1) is 0 Å². The molecular weight excluding hydrogens is 332 g/mol. The molecule has 0 fully saturated rings. The molecule has 1 heterocycles. The van der Waals surface area contributed by atoms with Gasteiger partial charge in [-0.3, -0.25) is 9.78 Å². The molecule has 9 heteroatoms. The molecule has 0 saturated heterocycles. The molecule has 0 bridgehead atoms. The third-order valence-electron chi connectivity index (χ3n) is 2.74. The summed E-state index contributed by atoms with van der Waals surface area (Å²) in [7, 11) is 0. The van der Waals surface area contributed by atoms with E-state index in [0.29, 0.717) is 16.7 Å². The molecular formula is C12H7Cl2F3N2O2. The number of benzene rings is 1. The summed E-state index contributed by atoms with van der Waals surface area (Å²) in [6, 6.07) is 2.45.